The minimum absolute atomic E-state index is 0.0274. The zero-order chi connectivity index (χ0) is 23.7. The van der Waals surface area contributed by atoms with Gasteiger partial charge in [-0.25, -0.2) is 4.68 Å². The molecule has 1 atom stereocenters. The summed E-state index contributed by atoms with van der Waals surface area (Å²) in [6.45, 7) is 5.64. The molecule has 4 heterocycles. The van der Waals surface area contributed by atoms with Gasteiger partial charge in [0.05, 0.1) is 12.2 Å². The van der Waals surface area contributed by atoms with Crippen LogP contribution in [0.5, 0.6) is 0 Å². The van der Waals surface area contributed by atoms with Crippen LogP contribution >= 0.6 is 0 Å². The molecule has 180 valence electrons. The second-order valence-corrected chi connectivity index (χ2v) is 9.60. The molecule has 3 aromatic rings. The first kappa shape index (κ1) is 22.7. The number of fused-ring (bicyclic) bond motifs is 2. The van der Waals surface area contributed by atoms with Crippen LogP contribution in [0.4, 0.5) is 5.82 Å². The molecule has 1 aromatic carbocycles. The number of aromatic nitrogens is 3. The summed E-state index contributed by atoms with van der Waals surface area (Å²) in [6, 6.07) is 10.8. The molecule has 5 rings (SSSR count). The predicted octanol–water partition coefficient (Wildman–Crippen LogP) is 3.16. The number of para-hydroxylation sites is 1. The SMILES string of the molecule is CC1CCCCN1CCCNC(=O)CN1C(=O)CCn2nc(-c3cn(C)c4ccccc34)cc21. The average Bonchev–Trinajstić information content (AvgIpc) is 3.41. The van der Waals surface area contributed by atoms with E-state index in [2.05, 4.69) is 40.0 Å². The van der Waals surface area contributed by atoms with Crippen molar-refractivity contribution in [3.05, 3.63) is 36.5 Å². The van der Waals surface area contributed by atoms with E-state index in [-0.39, 0.29) is 18.4 Å². The quantitative estimate of drug-likeness (QED) is 0.548. The summed E-state index contributed by atoms with van der Waals surface area (Å²) in [5.41, 5.74) is 2.99. The predicted molar refractivity (Wildman–Crippen MR) is 134 cm³/mol. The number of likely N-dealkylation sites (tertiary alicyclic amines) is 1. The van der Waals surface area contributed by atoms with E-state index >= 15 is 0 Å². The first-order chi connectivity index (χ1) is 16.5. The van der Waals surface area contributed by atoms with Gasteiger partial charge >= 0.3 is 0 Å². The highest BCUT2D eigenvalue weighted by molar-refractivity contribution is 6.00. The standard InChI is InChI=1S/C26H34N6O2/c1-19-8-5-6-13-30(19)14-7-12-27-24(33)18-31-25-16-22(28-32(25)15-11-26(31)34)21-17-29(2)23-10-4-3-9-20(21)23/h3-4,9-10,16-17,19H,5-8,11-15,18H2,1-2H3,(H,27,33). The maximum Gasteiger partial charge on any atom is 0.240 e. The highest BCUT2D eigenvalue weighted by atomic mass is 16.2. The van der Waals surface area contributed by atoms with Crippen LogP contribution in [-0.2, 0) is 23.2 Å². The van der Waals surface area contributed by atoms with Crippen molar-refractivity contribution in [3.63, 3.8) is 0 Å². The Kier molecular flexibility index (Phi) is 6.41. The van der Waals surface area contributed by atoms with Gasteiger partial charge in [-0.2, -0.15) is 5.10 Å². The molecule has 2 aromatic heterocycles. The highest BCUT2D eigenvalue weighted by Crippen LogP contribution is 2.33. The van der Waals surface area contributed by atoms with Crippen LogP contribution in [0.25, 0.3) is 22.2 Å². The number of benzene rings is 1. The number of carbonyl (C=O) groups is 2. The maximum absolute atomic E-state index is 12.7. The topological polar surface area (TPSA) is 75.4 Å². The normalized spacial score (nSPS) is 18.9. The van der Waals surface area contributed by atoms with Gasteiger partial charge in [-0.1, -0.05) is 24.6 Å². The molecule has 8 nitrogen and oxygen atoms in total. The Bertz CT molecular complexity index is 1200. The minimum Gasteiger partial charge on any atom is -0.354 e. The number of amides is 2. The minimum atomic E-state index is -0.124. The lowest BCUT2D eigenvalue weighted by Crippen LogP contribution is -2.45. The Morgan fingerprint density at radius 2 is 2.06 bits per heavy atom. The Labute approximate surface area is 200 Å². The summed E-state index contributed by atoms with van der Waals surface area (Å²) in [5, 5.41) is 8.92. The van der Waals surface area contributed by atoms with Gasteiger partial charge in [0.25, 0.3) is 0 Å². The summed E-state index contributed by atoms with van der Waals surface area (Å²) >= 11 is 0. The van der Waals surface area contributed by atoms with Gasteiger partial charge in [0, 0.05) is 61.3 Å². The molecule has 8 heteroatoms. The van der Waals surface area contributed by atoms with Crippen LogP contribution in [0.3, 0.4) is 0 Å². The fraction of sp³-hybridized carbons (Fsp3) is 0.500. The number of anilines is 1. The molecule has 1 unspecified atom stereocenters. The van der Waals surface area contributed by atoms with E-state index in [4.69, 9.17) is 5.10 Å². The lowest BCUT2D eigenvalue weighted by Gasteiger charge is -2.33. The van der Waals surface area contributed by atoms with E-state index in [0.717, 1.165) is 41.7 Å². The van der Waals surface area contributed by atoms with Crippen LogP contribution in [0, 0.1) is 0 Å². The Morgan fingerprint density at radius 1 is 1.21 bits per heavy atom. The molecule has 0 aliphatic carbocycles. The zero-order valence-electron chi connectivity index (χ0n) is 20.2. The summed E-state index contributed by atoms with van der Waals surface area (Å²) < 4.78 is 3.94. The third-order valence-corrected chi connectivity index (χ3v) is 7.23. The van der Waals surface area contributed by atoms with Gasteiger partial charge in [0.2, 0.25) is 11.8 Å². The van der Waals surface area contributed by atoms with E-state index in [9.17, 15) is 9.59 Å². The first-order valence-electron chi connectivity index (χ1n) is 12.4. The van der Waals surface area contributed by atoms with Gasteiger partial charge in [-0.3, -0.25) is 14.5 Å². The van der Waals surface area contributed by atoms with Crippen molar-refractivity contribution >= 4 is 28.5 Å². The number of rotatable bonds is 7. The lowest BCUT2D eigenvalue weighted by atomic mass is 10.0. The molecule has 1 saturated heterocycles. The average molecular weight is 463 g/mol. The third kappa shape index (κ3) is 4.46. The molecule has 2 amide bonds. The van der Waals surface area contributed by atoms with E-state index in [0.29, 0.717) is 31.4 Å². The largest absolute Gasteiger partial charge is 0.354 e. The monoisotopic (exact) mass is 462 g/mol. The number of hydrogen-bond donors (Lipinski definition) is 1. The van der Waals surface area contributed by atoms with E-state index in [1.165, 1.54) is 19.3 Å². The molecule has 0 bridgehead atoms. The molecule has 34 heavy (non-hydrogen) atoms. The van der Waals surface area contributed by atoms with Crippen LogP contribution in [0.2, 0.25) is 0 Å². The Balaban J connectivity index is 1.24. The van der Waals surface area contributed by atoms with Crippen molar-refractivity contribution in [2.24, 2.45) is 7.05 Å². The summed E-state index contributed by atoms with van der Waals surface area (Å²) in [5.74, 6) is 0.534. The van der Waals surface area contributed by atoms with Crippen LogP contribution in [-0.4, -0.2) is 63.3 Å². The zero-order valence-corrected chi connectivity index (χ0v) is 20.2. The van der Waals surface area contributed by atoms with Crippen LogP contribution < -0.4 is 10.2 Å². The van der Waals surface area contributed by atoms with Crippen molar-refractivity contribution in [1.29, 1.82) is 0 Å². The smallest absolute Gasteiger partial charge is 0.240 e. The van der Waals surface area contributed by atoms with Crippen molar-refractivity contribution in [2.45, 2.75) is 51.6 Å². The molecule has 1 N–H and O–H groups in total. The van der Waals surface area contributed by atoms with Gasteiger partial charge in [0.15, 0.2) is 0 Å². The molecule has 1 fully saturated rings. The first-order valence-corrected chi connectivity index (χ1v) is 12.4. The van der Waals surface area contributed by atoms with Crippen molar-refractivity contribution in [3.8, 4) is 11.3 Å². The lowest BCUT2D eigenvalue weighted by molar-refractivity contribution is -0.124. The van der Waals surface area contributed by atoms with Crippen LogP contribution in [0.15, 0.2) is 36.5 Å². The molecular weight excluding hydrogens is 428 g/mol. The summed E-state index contributed by atoms with van der Waals surface area (Å²) in [4.78, 5) is 29.5. The Hall–Kier alpha value is -3.13. The van der Waals surface area contributed by atoms with Gasteiger partial charge in [0.1, 0.15) is 12.4 Å². The van der Waals surface area contributed by atoms with E-state index in [1.54, 1.807) is 4.90 Å². The Morgan fingerprint density at radius 3 is 2.91 bits per heavy atom. The molecule has 0 saturated carbocycles. The number of nitrogens with one attached hydrogen (secondary N) is 1. The maximum atomic E-state index is 12.7. The molecule has 2 aliphatic heterocycles. The van der Waals surface area contributed by atoms with Crippen molar-refractivity contribution in [1.82, 2.24) is 24.6 Å². The van der Waals surface area contributed by atoms with E-state index < -0.39 is 0 Å². The van der Waals surface area contributed by atoms with Gasteiger partial charge < -0.3 is 14.8 Å². The second-order valence-electron chi connectivity index (χ2n) is 9.60. The number of piperidine rings is 1. The summed E-state index contributed by atoms with van der Waals surface area (Å²) in [6.07, 6.45) is 7.19. The fourth-order valence-corrected chi connectivity index (χ4v) is 5.30. The molecule has 2 aliphatic rings. The number of hydrogen-bond acceptors (Lipinski definition) is 4. The van der Waals surface area contributed by atoms with Crippen molar-refractivity contribution in [2.75, 3.05) is 31.1 Å². The van der Waals surface area contributed by atoms with Crippen LogP contribution in [0.1, 0.15) is 39.0 Å². The molecular formula is C26H34N6O2. The van der Waals surface area contributed by atoms with Gasteiger partial charge in [-0.05, 0) is 38.8 Å². The number of nitrogens with zero attached hydrogens (tertiary/aromatic N) is 5. The van der Waals surface area contributed by atoms with Gasteiger partial charge in [-0.15, -0.1) is 0 Å². The molecule has 0 spiro atoms. The number of aryl methyl sites for hydroxylation is 2. The van der Waals surface area contributed by atoms with E-state index in [1.807, 2.05) is 29.9 Å². The highest BCUT2D eigenvalue weighted by Gasteiger charge is 2.28. The third-order valence-electron chi connectivity index (χ3n) is 7.23. The molecule has 0 radical (unpaired) electrons. The fourth-order valence-electron chi connectivity index (χ4n) is 5.30. The number of carbonyl (C=O) groups excluding carboxylic acids is 2. The van der Waals surface area contributed by atoms with Crippen molar-refractivity contribution < 1.29 is 9.59 Å². The summed E-state index contributed by atoms with van der Waals surface area (Å²) in [7, 11) is 2.02. The second kappa shape index (κ2) is 9.62.